The van der Waals surface area contributed by atoms with Crippen LogP contribution in [0.4, 0.5) is 11.6 Å². The molecule has 0 aliphatic carbocycles. The highest BCUT2D eigenvalue weighted by Gasteiger charge is 2.39. The standard InChI is InChI=1S/C47H68N3O7P.C28H54N3O7P/c1-40(2)25-16-11-9-7-5-3-4-6-8-10-12-23-34-54-35-24-36-57-58(52,53)39-55-44(37-50-33-32-45(48)49-46(50)51)38-56-47(41-26-17-13-18-27-41,42-28-19-14-20-29-42)43-30-21-15-22-31-43;1-25(2)16-13-11-9-7-5-3-4-6-8-10-12-14-19-36-20-15-21-38-39(34,35)24-37-26(23-32)22-31-18-17-27(29)30-28(31)33/h13-15,17-22,26-33,40,44H,3-12,16,23-25,34-39H2,1-2H3,(H,52,53)(H2,48,49,51);17-18,25-26,32H,3-16,19-24H2,1-2H3,(H,34,35)(H2,29,30,33)/t44-;26-/m00/s1. The maximum absolute atomic E-state index is 13.2. The quantitative estimate of drug-likeness (QED) is 0.0137. The first kappa shape index (κ1) is 84.5. The van der Waals surface area contributed by atoms with Gasteiger partial charge in [0.25, 0.3) is 0 Å². The van der Waals surface area contributed by atoms with Gasteiger partial charge in [0.1, 0.15) is 29.9 Å². The molecule has 2 aromatic heterocycles. The van der Waals surface area contributed by atoms with Crippen molar-refractivity contribution in [2.75, 3.05) is 77.0 Å². The molecule has 2 heterocycles. The molecule has 5 aromatic rings. The minimum Gasteiger partial charge on any atom is -0.394 e. The average Bonchev–Trinajstić information content (AvgIpc) is 0.768. The average molecular weight is 1390 g/mol. The van der Waals surface area contributed by atoms with Crippen LogP contribution in [0.15, 0.2) is 125 Å². The molecule has 0 saturated carbocycles. The van der Waals surface area contributed by atoms with Crippen molar-refractivity contribution in [2.24, 2.45) is 11.8 Å². The Hall–Kier alpha value is -4.92. The molecular formula is C75H122N6O14P2. The van der Waals surface area contributed by atoms with E-state index in [9.17, 15) is 33.6 Å². The summed E-state index contributed by atoms with van der Waals surface area (Å²) in [5.41, 5.74) is 11.6. The fraction of sp³-hybridized carbons (Fsp3) is 0.653. The molecule has 2 unspecified atom stereocenters. The number of rotatable bonds is 57. The van der Waals surface area contributed by atoms with Crippen LogP contribution >= 0.6 is 15.2 Å². The van der Waals surface area contributed by atoms with Crippen molar-refractivity contribution >= 4 is 26.8 Å². The monoisotopic (exact) mass is 1390 g/mol. The molecule has 0 bridgehead atoms. The predicted molar refractivity (Wildman–Crippen MR) is 390 cm³/mol. The second kappa shape index (κ2) is 51.3. The number of ether oxygens (including phenoxy) is 5. The van der Waals surface area contributed by atoms with Crippen LogP contribution in [0, 0.1) is 11.8 Å². The first-order valence-corrected chi connectivity index (χ1v) is 39.8. The Balaban J connectivity index is 0.000000447. The summed E-state index contributed by atoms with van der Waals surface area (Å²) in [5, 5.41) is 9.47. The van der Waals surface area contributed by atoms with Crippen LogP contribution in [0.25, 0.3) is 0 Å². The van der Waals surface area contributed by atoms with Crippen molar-refractivity contribution in [3.8, 4) is 0 Å². The molecule has 4 atom stereocenters. The molecule has 22 heteroatoms. The van der Waals surface area contributed by atoms with Gasteiger partial charge in [0, 0.05) is 38.8 Å². The van der Waals surface area contributed by atoms with Gasteiger partial charge in [-0.2, -0.15) is 9.97 Å². The highest BCUT2D eigenvalue weighted by Crippen LogP contribution is 2.44. The Kier molecular flexibility index (Phi) is 44.6. The van der Waals surface area contributed by atoms with Gasteiger partial charge in [0.15, 0.2) is 0 Å². The number of nitrogens with zero attached hydrogens (tertiary/aromatic N) is 4. The third-order valence-electron chi connectivity index (χ3n) is 16.9. The summed E-state index contributed by atoms with van der Waals surface area (Å²) < 4.78 is 68.1. The number of aliphatic hydroxyl groups is 1. The van der Waals surface area contributed by atoms with E-state index < -0.39 is 63.7 Å². The predicted octanol–water partition coefficient (Wildman–Crippen LogP) is 16.0. The molecule has 0 fully saturated rings. The maximum atomic E-state index is 13.2. The first-order chi connectivity index (χ1) is 46.9. The van der Waals surface area contributed by atoms with Gasteiger partial charge in [0.2, 0.25) is 0 Å². The van der Waals surface area contributed by atoms with E-state index in [1.807, 2.05) is 91.0 Å². The normalized spacial score (nSPS) is 13.7. The molecule has 0 radical (unpaired) electrons. The lowest BCUT2D eigenvalue weighted by molar-refractivity contribution is -0.0635. The van der Waals surface area contributed by atoms with Crippen molar-refractivity contribution in [1.82, 2.24) is 19.1 Å². The van der Waals surface area contributed by atoms with Crippen LogP contribution in [-0.2, 0) is 60.6 Å². The van der Waals surface area contributed by atoms with Gasteiger partial charge in [-0.3, -0.25) is 18.3 Å². The summed E-state index contributed by atoms with van der Waals surface area (Å²) in [6.45, 7) is 11.1. The number of benzene rings is 3. The fourth-order valence-corrected chi connectivity index (χ4v) is 13.1. The van der Waals surface area contributed by atoms with Crippen molar-refractivity contribution < 1.29 is 56.8 Å². The lowest BCUT2D eigenvalue weighted by atomic mass is 9.80. The van der Waals surface area contributed by atoms with Gasteiger partial charge in [-0.1, -0.05) is 273 Å². The van der Waals surface area contributed by atoms with E-state index in [4.69, 9.17) is 44.2 Å². The summed E-state index contributed by atoms with van der Waals surface area (Å²) in [6.07, 6.45) is 35.1. The molecule has 0 aliphatic rings. The lowest BCUT2D eigenvalue weighted by Crippen LogP contribution is -2.39. The third kappa shape index (κ3) is 38.5. The molecule has 7 N–H and O–H groups in total. The minimum absolute atomic E-state index is 0.00677. The summed E-state index contributed by atoms with van der Waals surface area (Å²) >= 11 is 0. The second-order valence-corrected chi connectivity index (χ2v) is 30.0. The number of hydrogen-bond donors (Lipinski definition) is 5. The van der Waals surface area contributed by atoms with Crippen molar-refractivity contribution in [2.45, 2.75) is 238 Å². The summed E-state index contributed by atoms with van der Waals surface area (Å²) in [7, 11) is -8.15. The van der Waals surface area contributed by atoms with Crippen molar-refractivity contribution in [1.29, 1.82) is 0 Å². The molecule has 546 valence electrons. The van der Waals surface area contributed by atoms with Gasteiger partial charge in [-0.15, -0.1) is 0 Å². The zero-order chi connectivity index (χ0) is 70.1. The Morgan fingerprint density at radius 1 is 0.433 bits per heavy atom. The summed E-state index contributed by atoms with van der Waals surface area (Å²) in [4.78, 5) is 52.7. The summed E-state index contributed by atoms with van der Waals surface area (Å²) in [6, 6.07) is 32.6. The van der Waals surface area contributed by atoms with Crippen LogP contribution in [0.5, 0.6) is 0 Å². The van der Waals surface area contributed by atoms with Crippen LogP contribution in [0.3, 0.4) is 0 Å². The zero-order valence-corrected chi connectivity index (χ0v) is 61.0. The number of unbranched alkanes of at least 4 members (excludes halogenated alkanes) is 22. The first-order valence-electron chi connectivity index (χ1n) is 36.3. The van der Waals surface area contributed by atoms with E-state index >= 15 is 0 Å². The molecule has 0 amide bonds. The minimum atomic E-state index is -4.16. The van der Waals surface area contributed by atoms with E-state index in [0.717, 1.165) is 47.8 Å². The number of anilines is 2. The molecule has 20 nitrogen and oxygen atoms in total. The van der Waals surface area contributed by atoms with Crippen molar-refractivity contribution in [3.05, 3.63) is 153 Å². The zero-order valence-electron chi connectivity index (χ0n) is 59.2. The van der Waals surface area contributed by atoms with Gasteiger partial charge in [0.05, 0.1) is 51.7 Å². The van der Waals surface area contributed by atoms with Crippen LogP contribution in [0.2, 0.25) is 0 Å². The molecule has 5 rings (SSSR count). The van der Waals surface area contributed by atoms with E-state index in [0.29, 0.717) is 39.3 Å². The highest BCUT2D eigenvalue weighted by molar-refractivity contribution is 7.52. The molecule has 0 aliphatic heterocycles. The number of nitrogen functional groups attached to an aromatic ring is 2. The summed E-state index contributed by atoms with van der Waals surface area (Å²) in [5.74, 6) is 1.85. The van der Waals surface area contributed by atoms with Gasteiger partial charge in [-0.25, -0.2) is 9.59 Å². The lowest BCUT2D eigenvalue weighted by Gasteiger charge is -2.37. The molecular weight excluding hydrogens is 1270 g/mol. The number of nitrogens with two attached hydrogens (primary N) is 2. The SMILES string of the molecule is CC(C)CCCCCCCCCCCCCCOCCCOP(=O)(O)CO[C@H](CO)Cn1ccc(N)nc1=O.CC(C)CCCCCCCCCCCCCCOCCCOP(=O)(O)CO[C@H](COC(c1ccccc1)(c1ccccc1)c1ccccc1)Cn1ccc(N)nc1=O. The van der Waals surface area contributed by atoms with E-state index in [2.05, 4.69) is 37.7 Å². The molecule has 0 saturated heterocycles. The van der Waals surface area contributed by atoms with Gasteiger partial charge in [-0.05, 0) is 66.3 Å². The smallest absolute Gasteiger partial charge is 0.353 e. The Morgan fingerprint density at radius 2 is 0.742 bits per heavy atom. The number of aromatic nitrogens is 4. The largest absolute Gasteiger partial charge is 0.394 e. The number of aliphatic hydroxyl groups excluding tert-OH is 1. The van der Waals surface area contributed by atoms with Crippen LogP contribution < -0.4 is 22.8 Å². The fourth-order valence-electron chi connectivity index (χ4n) is 11.4. The van der Waals surface area contributed by atoms with Gasteiger partial charge < -0.3 is 59.1 Å². The maximum Gasteiger partial charge on any atom is 0.353 e. The Labute approximate surface area is 580 Å². The highest BCUT2D eigenvalue weighted by atomic mass is 31.2. The topological polar surface area (TPSA) is 281 Å². The van der Waals surface area contributed by atoms with Crippen LogP contribution in [0.1, 0.15) is 224 Å². The molecule has 97 heavy (non-hydrogen) atoms. The van der Waals surface area contributed by atoms with E-state index in [1.165, 1.54) is 181 Å². The third-order valence-corrected chi connectivity index (χ3v) is 19.0. The second-order valence-electron chi connectivity index (χ2n) is 26.4. The van der Waals surface area contributed by atoms with E-state index in [-0.39, 0.29) is 44.5 Å². The molecule has 3 aromatic carbocycles. The molecule has 0 spiro atoms. The van der Waals surface area contributed by atoms with Gasteiger partial charge >= 0.3 is 26.6 Å². The number of hydrogen-bond acceptors (Lipinski definition) is 16. The van der Waals surface area contributed by atoms with E-state index in [1.54, 1.807) is 0 Å². The van der Waals surface area contributed by atoms with Crippen molar-refractivity contribution in [3.63, 3.8) is 0 Å². The van der Waals surface area contributed by atoms with Crippen LogP contribution in [-0.4, -0.2) is 112 Å². The Bertz CT molecular complexity index is 2890. The Morgan fingerprint density at radius 3 is 1.07 bits per heavy atom.